The molecule has 8 nitrogen and oxygen atoms in total. The van der Waals surface area contributed by atoms with Crippen molar-refractivity contribution in [2.45, 2.75) is 72.1 Å². The molecule has 0 saturated heterocycles. The average Bonchev–Trinajstić information content (AvgIpc) is 3.06. The van der Waals surface area contributed by atoms with Crippen molar-refractivity contribution in [3.63, 3.8) is 0 Å². The van der Waals surface area contributed by atoms with E-state index in [0.717, 1.165) is 6.42 Å². The van der Waals surface area contributed by atoms with Gasteiger partial charge >= 0.3 is 17.9 Å². The summed E-state index contributed by atoms with van der Waals surface area (Å²) >= 11 is 0. The average molecular weight is 451 g/mol. The lowest BCUT2D eigenvalue weighted by atomic mass is 9.45. The Hall–Kier alpha value is -2.25. The maximum absolute atomic E-state index is 13.6. The molecule has 3 fully saturated rings. The molecule has 0 amide bonds. The highest BCUT2D eigenvalue weighted by Crippen LogP contribution is 2.65. The molecule has 3 saturated carbocycles. The largest absolute Gasteiger partial charge is 0.481 e. The van der Waals surface area contributed by atoms with Gasteiger partial charge in [-0.2, -0.15) is 0 Å². The lowest BCUT2D eigenvalue weighted by Gasteiger charge is -2.56. The fourth-order valence-corrected chi connectivity index (χ4v) is 7.48. The number of carboxylic acid groups (broad SMARTS) is 3. The van der Waals surface area contributed by atoms with Crippen molar-refractivity contribution in [3.05, 3.63) is 0 Å². The third-order valence-electron chi connectivity index (χ3n) is 9.30. The van der Waals surface area contributed by atoms with Crippen molar-refractivity contribution in [1.29, 1.82) is 0 Å². The molecule has 3 aliphatic rings. The number of ketones is 2. The minimum absolute atomic E-state index is 0.00816. The van der Waals surface area contributed by atoms with Gasteiger partial charge in [-0.1, -0.05) is 20.8 Å². The van der Waals surface area contributed by atoms with Crippen LogP contribution in [0.25, 0.3) is 0 Å². The zero-order valence-corrected chi connectivity index (χ0v) is 19.0. The molecule has 3 N–H and O–H groups in total. The van der Waals surface area contributed by atoms with E-state index in [0.29, 0.717) is 12.8 Å². The van der Waals surface area contributed by atoms with Gasteiger partial charge in [-0.25, -0.2) is 0 Å². The second-order valence-electron chi connectivity index (χ2n) is 10.7. The van der Waals surface area contributed by atoms with Crippen molar-refractivity contribution in [1.82, 2.24) is 0 Å². The number of hydrogen-bond donors (Lipinski definition) is 3. The highest BCUT2D eigenvalue weighted by atomic mass is 16.4. The van der Waals surface area contributed by atoms with Crippen molar-refractivity contribution in [2.75, 3.05) is 0 Å². The van der Waals surface area contributed by atoms with Gasteiger partial charge in [-0.05, 0) is 54.8 Å². The molecule has 32 heavy (non-hydrogen) atoms. The summed E-state index contributed by atoms with van der Waals surface area (Å²) in [5, 5.41) is 28.1. The van der Waals surface area contributed by atoms with Gasteiger partial charge in [0, 0.05) is 37.0 Å². The fraction of sp³-hybridized carbons (Fsp3) is 0.792. The third-order valence-corrected chi connectivity index (χ3v) is 9.30. The summed E-state index contributed by atoms with van der Waals surface area (Å²) in [5.74, 6) is -5.28. The molecule has 0 aromatic rings. The third kappa shape index (κ3) is 3.86. The molecule has 0 aliphatic heterocycles. The van der Waals surface area contributed by atoms with Crippen molar-refractivity contribution in [3.8, 4) is 0 Å². The van der Waals surface area contributed by atoms with E-state index >= 15 is 0 Å². The van der Waals surface area contributed by atoms with Crippen LogP contribution in [0.3, 0.4) is 0 Å². The number of Topliss-reactive ketones (excluding diaryl/α,β-unsaturated/α-hetero) is 2. The van der Waals surface area contributed by atoms with Crippen LogP contribution >= 0.6 is 0 Å². The summed E-state index contributed by atoms with van der Waals surface area (Å²) < 4.78 is 0. The highest BCUT2D eigenvalue weighted by Gasteiger charge is 2.66. The quantitative estimate of drug-likeness (QED) is 0.511. The summed E-state index contributed by atoms with van der Waals surface area (Å²) in [5.41, 5.74) is -1.69. The summed E-state index contributed by atoms with van der Waals surface area (Å²) in [6.45, 7) is 5.63. The first kappa shape index (κ1) is 24.4. The first-order valence-corrected chi connectivity index (χ1v) is 11.6. The Morgan fingerprint density at radius 1 is 0.969 bits per heavy atom. The SMILES string of the molecule is C[C@@H](CCC(=O)O)[C@H]1CC[C@H]2[C@H]3C(=O)C[C@H](C(=O)O)[C@](C)(CCC(=O)O)[C@@H]3CC(=O)[C@]12C. The lowest BCUT2D eigenvalue weighted by Crippen LogP contribution is -2.60. The van der Waals surface area contributed by atoms with Crippen molar-refractivity contribution < 1.29 is 39.3 Å². The Kier molecular flexibility index (Phi) is 6.55. The number of carbonyl (C=O) groups is 5. The molecule has 3 rings (SSSR count). The zero-order valence-electron chi connectivity index (χ0n) is 19.0. The van der Waals surface area contributed by atoms with E-state index in [9.17, 15) is 34.2 Å². The van der Waals surface area contributed by atoms with Gasteiger partial charge in [0.25, 0.3) is 0 Å². The van der Waals surface area contributed by atoms with Crippen LogP contribution in [0.4, 0.5) is 0 Å². The first-order chi connectivity index (χ1) is 14.8. The van der Waals surface area contributed by atoms with E-state index < -0.39 is 46.5 Å². The number of carbonyl (C=O) groups excluding carboxylic acids is 2. The van der Waals surface area contributed by atoms with Gasteiger partial charge in [-0.3, -0.25) is 24.0 Å². The Bertz CT molecular complexity index is 834. The molecule has 178 valence electrons. The number of aliphatic carboxylic acids is 3. The Morgan fingerprint density at radius 3 is 2.16 bits per heavy atom. The summed E-state index contributed by atoms with van der Waals surface area (Å²) in [7, 11) is 0. The summed E-state index contributed by atoms with van der Waals surface area (Å²) in [4.78, 5) is 61.3. The van der Waals surface area contributed by atoms with Gasteiger partial charge in [-0.15, -0.1) is 0 Å². The lowest BCUT2D eigenvalue weighted by molar-refractivity contribution is -0.174. The first-order valence-electron chi connectivity index (χ1n) is 11.6. The van der Waals surface area contributed by atoms with E-state index in [1.807, 2.05) is 13.8 Å². The smallest absolute Gasteiger partial charge is 0.307 e. The van der Waals surface area contributed by atoms with E-state index in [4.69, 9.17) is 5.11 Å². The van der Waals surface area contributed by atoms with Gasteiger partial charge in [0.15, 0.2) is 0 Å². The summed E-state index contributed by atoms with van der Waals surface area (Å²) in [6.07, 6.45) is 1.76. The fourth-order valence-electron chi connectivity index (χ4n) is 7.48. The van der Waals surface area contributed by atoms with Crippen LogP contribution in [-0.2, 0) is 24.0 Å². The van der Waals surface area contributed by atoms with Crippen LogP contribution in [0.1, 0.15) is 72.1 Å². The highest BCUT2D eigenvalue weighted by molar-refractivity contribution is 5.94. The predicted octanol–water partition coefficient (Wildman–Crippen LogP) is 3.27. The molecule has 0 heterocycles. The van der Waals surface area contributed by atoms with E-state index in [2.05, 4.69) is 0 Å². The van der Waals surface area contributed by atoms with Crippen LogP contribution in [-0.4, -0.2) is 44.8 Å². The molecule has 0 bridgehead atoms. The van der Waals surface area contributed by atoms with Crippen LogP contribution in [0.15, 0.2) is 0 Å². The van der Waals surface area contributed by atoms with Crippen LogP contribution < -0.4 is 0 Å². The van der Waals surface area contributed by atoms with E-state index in [1.165, 1.54) is 0 Å². The molecule has 3 aliphatic carbocycles. The number of rotatable bonds is 8. The molecule has 0 aromatic carbocycles. The number of hydrogen-bond acceptors (Lipinski definition) is 5. The van der Waals surface area contributed by atoms with Crippen LogP contribution in [0.2, 0.25) is 0 Å². The van der Waals surface area contributed by atoms with Crippen LogP contribution in [0, 0.1) is 46.3 Å². The maximum Gasteiger partial charge on any atom is 0.307 e. The van der Waals surface area contributed by atoms with Crippen molar-refractivity contribution >= 4 is 29.5 Å². The molecule has 0 radical (unpaired) electrons. The zero-order chi connectivity index (χ0) is 24.0. The molecule has 8 heteroatoms. The minimum Gasteiger partial charge on any atom is -0.481 e. The molecule has 0 aromatic heterocycles. The second kappa shape index (κ2) is 8.60. The van der Waals surface area contributed by atoms with Gasteiger partial charge in [0.2, 0.25) is 0 Å². The normalized spacial score (nSPS) is 39.8. The number of fused-ring (bicyclic) bond motifs is 3. The Balaban J connectivity index is 1.96. The van der Waals surface area contributed by atoms with Gasteiger partial charge in [0.05, 0.1) is 5.92 Å². The second-order valence-corrected chi connectivity index (χ2v) is 10.7. The maximum atomic E-state index is 13.6. The summed E-state index contributed by atoms with van der Waals surface area (Å²) in [6, 6.07) is 0. The predicted molar refractivity (Wildman–Crippen MR) is 113 cm³/mol. The van der Waals surface area contributed by atoms with Crippen molar-refractivity contribution in [2.24, 2.45) is 46.3 Å². The number of carboxylic acids is 3. The standard InChI is InChI=1S/C24H34O8/c1-12(4-7-19(27)28)13-5-6-14-21-15(11-18(26)24(13,14)3)23(2,9-8-20(29)30)16(22(31)32)10-17(21)25/h12-16,21H,4-11H2,1-3H3,(H,27,28)(H,29,30)(H,31,32)/t12-,13+,14-,15+,16+,21+,23+,24+/m0/s1. The van der Waals surface area contributed by atoms with E-state index in [1.54, 1.807) is 6.92 Å². The minimum atomic E-state index is -1.11. The molecular formula is C24H34O8. The van der Waals surface area contributed by atoms with Gasteiger partial charge < -0.3 is 15.3 Å². The molecular weight excluding hydrogens is 416 g/mol. The Morgan fingerprint density at radius 2 is 1.59 bits per heavy atom. The van der Waals surface area contributed by atoms with Crippen LogP contribution in [0.5, 0.6) is 0 Å². The van der Waals surface area contributed by atoms with Gasteiger partial charge in [0.1, 0.15) is 11.6 Å². The molecule has 0 unspecified atom stereocenters. The topological polar surface area (TPSA) is 146 Å². The monoisotopic (exact) mass is 450 g/mol. The molecule has 8 atom stereocenters. The van der Waals surface area contributed by atoms with E-state index in [-0.39, 0.29) is 61.4 Å². The molecule has 0 spiro atoms. The Labute approximate surface area is 187 Å².